The monoisotopic (exact) mass is 294 g/mol. The van der Waals surface area contributed by atoms with Crippen molar-refractivity contribution in [3.05, 3.63) is 0 Å². The van der Waals surface area contributed by atoms with Crippen molar-refractivity contribution in [2.75, 3.05) is 0 Å². The van der Waals surface area contributed by atoms with Crippen molar-refractivity contribution >= 4 is 5.91 Å². The molecule has 0 aromatic heterocycles. The van der Waals surface area contributed by atoms with E-state index in [1.54, 1.807) is 0 Å². The van der Waals surface area contributed by atoms with Gasteiger partial charge in [0, 0.05) is 6.42 Å². The molecule has 0 aromatic rings. The molecule has 1 fully saturated rings. The van der Waals surface area contributed by atoms with E-state index in [1.807, 2.05) is 0 Å². The highest BCUT2D eigenvalue weighted by Gasteiger charge is 2.59. The molecule has 0 saturated heterocycles. The quantitative estimate of drug-likeness (QED) is 0.768. The molecule has 0 spiro atoms. The minimum absolute atomic E-state index is 0.116. The van der Waals surface area contributed by atoms with Crippen LogP contribution in [-0.4, -0.2) is 36.0 Å². The number of halogens is 6. The first kappa shape index (κ1) is 16.0. The van der Waals surface area contributed by atoms with Gasteiger partial charge < -0.3 is 16.2 Å². The van der Waals surface area contributed by atoms with Gasteiger partial charge in [-0.25, -0.2) is 0 Å². The molecule has 1 saturated carbocycles. The van der Waals surface area contributed by atoms with Crippen molar-refractivity contribution in [3.8, 4) is 0 Å². The van der Waals surface area contributed by atoms with Gasteiger partial charge in [0.25, 0.3) is 0 Å². The van der Waals surface area contributed by atoms with Crippen LogP contribution in [0.2, 0.25) is 0 Å². The molecule has 10 heteroatoms. The Balaban J connectivity index is 2.76. The molecular weight excluding hydrogens is 282 g/mol. The Morgan fingerprint density at radius 1 is 1.21 bits per heavy atom. The predicted molar refractivity (Wildman–Crippen MR) is 50.7 cm³/mol. The first-order chi connectivity index (χ1) is 8.36. The van der Waals surface area contributed by atoms with Gasteiger partial charge in [-0.3, -0.25) is 4.79 Å². The normalized spacial score (nSPS) is 28.9. The summed E-state index contributed by atoms with van der Waals surface area (Å²) in [4.78, 5) is 10.9. The topological polar surface area (TPSA) is 78.3 Å². The molecule has 1 rings (SSSR count). The number of ether oxygens (including phenoxy) is 1. The summed E-state index contributed by atoms with van der Waals surface area (Å²) in [6.07, 6.45) is -17.2. The van der Waals surface area contributed by atoms with Crippen molar-refractivity contribution in [3.63, 3.8) is 0 Å². The van der Waals surface area contributed by atoms with Gasteiger partial charge in [0.1, 0.15) is 0 Å². The molecule has 0 bridgehead atoms. The third-order valence-electron chi connectivity index (χ3n) is 2.92. The molecule has 0 radical (unpaired) electrons. The lowest BCUT2D eigenvalue weighted by molar-refractivity contribution is -0.330. The van der Waals surface area contributed by atoms with E-state index in [4.69, 9.17) is 11.5 Å². The first-order valence-corrected chi connectivity index (χ1v) is 5.24. The highest BCUT2D eigenvalue weighted by Crippen LogP contribution is 2.39. The molecule has 112 valence electrons. The Morgan fingerprint density at radius 3 is 2.00 bits per heavy atom. The van der Waals surface area contributed by atoms with Gasteiger partial charge in [-0.05, 0) is 12.8 Å². The fourth-order valence-corrected chi connectivity index (χ4v) is 1.90. The number of alkyl halides is 6. The molecular formula is C9H12F6N2O2. The van der Waals surface area contributed by atoms with Crippen LogP contribution in [0.1, 0.15) is 19.3 Å². The van der Waals surface area contributed by atoms with Crippen LogP contribution in [-0.2, 0) is 9.53 Å². The predicted octanol–water partition coefficient (Wildman–Crippen LogP) is 1.23. The van der Waals surface area contributed by atoms with Crippen LogP contribution in [0, 0.1) is 0 Å². The fourth-order valence-electron chi connectivity index (χ4n) is 1.90. The molecule has 1 aliphatic carbocycles. The maximum atomic E-state index is 12.3. The van der Waals surface area contributed by atoms with E-state index in [0.29, 0.717) is 0 Å². The van der Waals surface area contributed by atoms with Crippen molar-refractivity contribution in [1.29, 1.82) is 0 Å². The van der Waals surface area contributed by atoms with Crippen LogP contribution < -0.4 is 11.5 Å². The van der Waals surface area contributed by atoms with Crippen molar-refractivity contribution in [2.24, 2.45) is 11.5 Å². The first-order valence-electron chi connectivity index (χ1n) is 5.24. The zero-order valence-electron chi connectivity index (χ0n) is 9.52. The van der Waals surface area contributed by atoms with Crippen molar-refractivity contribution in [2.45, 2.75) is 49.4 Å². The van der Waals surface area contributed by atoms with E-state index in [-0.39, 0.29) is 12.8 Å². The van der Waals surface area contributed by atoms with Gasteiger partial charge in [0.2, 0.25) is 12.0 Å². The van der Waals surface area contributed by atoms with Gasteiger partial charge >= 0.3 is 12.4 Å². The van der Waals surface area contributed by atoms with E-state index < -0.39 is 42.4 Å². The fraction of sp³-hybridized carbons (Fsp3) is 0.889. The molecule has 19 heavy (non-hydrogen) atoms. The number of hydrogen-bond acceptors (Lipinski definition) is 3. The number of rotatable bonds is 3. The summed E-state index contributed by atoms with van der Waals surface area (Å²) in [6, 6.07) is 0. The molecule has 0 aliphatic heterocycles. The SMILES string of the molecule is NC(=O)C1(N)CCC(OC(C(F)(F)F)C(F)(F)F)C1. The molecule has 1 aliphatic rings. The van der Waals surface area contributed by atoms with E-state index in [1.165, 1.54) is 0 Å². The summed E-state index contributed by atoms with van der Waals surface area (Å²) in [5.41, 5.74) is 8.78. The number of hydrogen-bond donors (Lipinski definition) is 2. The molecule has 1 amide bonds. The van der Waals surface area contributed by atoms with Crippen LogP contribution >= 0.6 is 0 Å². The van der Waals surface area contributed by atoms with Crippen molar-refractivity contribution < 1.29 is 35.9 Å². The third kappa shape index (κ3) is 3.72. The van der Waals surface area contributed by atoms with Crippen molar-refractivity contribution in [1.82, 2.24) is 0 Å². The largest absolute Gasteiger partial charge is 0.423 e. The second-order valence-electron chi connectivity index (χ2n) is 4.48. The Kier molecular flexibility index (Phi) is 4.06. The molecule has 4 nitrogen and oxygen atoms in total. The van der Waals surface area contributed by atoms with Crippen LogP contribution in [0.15, 0.2) is 0 Å². The van der Waals surface area contributed by atoms with Gasteiger partial charge in [-0.1, -0.05) is 0 Å². The van der Waals surface area contributed by atoms with Gasteiger partial charge in [0.15, 0.2) is 0 Å². The average Bonchev–Trinajstić information content (AvgIpc) is 2.55. The number of carbonyl (C=O) groups excluding carboxylic acids is 1. The molecule has 2 unspecified atom stereocenters. The number of amides is 1. The number of nitrogens with two attached hydrogens (primary N) is 2. The van der Waals surface area contributed by atoms with E-state index >= 15 is 0 Å². The Hall–Kier alpha value is -1.03. The Bertz CT molecular complexity index is 342. The smallest absolute Gasteiger partial charge is 0.368 e. The van der Waals surface area contributed by atoms with Gasteiger partial charge in [-0.2, -0.15) is 26.3 Å². The summed E-state index contributed by atoms with van der Waals surface area (Å²) in [7, 11) is 0. The second kappa shape index (κ2) is 4.82. The van der Waals surface area contributed by atoms with Crippen LogP contribution in [0.3, 0.4) is 0 Å². The number of primary amides is 1. The minimum atomic E-state index is -5.58. The maximum Gasteiger partial charge on any atom is 0.423 e. The molecule has 4 N–H and O–H groups in total. The van der Waals surface area contributed by atoms with E-state index in [2.05, 4.69) is 4.74 Å². The van der Waals surface area contributed by atoms with E-state index in [0.717, 1.165) is 0 Å². The second-order valence-corrected chi connectivity index (χ2v) is 4.48. The lowest BCUT2D eigenvalue weighted by Gasteiger charge is -2.27. The summed E-state index contributed by atoms with van der Waals surface area (Å²) in [5.74, 6) is -0.978. The maximum absolute atomic E-state index is 12.3. The molecule has 0 aromatic carbocycles. The summed E-state index contributed by atoms with van der Waals surface area (Å²) >= 11 is 0. The highest BCUT2D eigenvalue weighted by atomic mass is 19.4. The average molecular weight is 294 g/mol. The van der Waals surface area contributed by atoms with E-state index in [9.17, 15) is 31.1 Å². The lowest BCUT2D eigenvalue weighted by atomic mass is 9.98. The molecule has 0 heterocycles. The van der Waals surface area contributed by atoms with Crippen LogP contribution in [0.25, 0.3) is 0 Å². The molecule has 2 atom stereocenters. The standard InChI is InChI=1S/C9H12F6N2O2/c10-8(11,12)5(9(13,14)15)19-4-1-2-7(17,3-4)6(16)18/h4-5H,1-3,17H2,(H2,16,18). The zero-order chi connectivity index (χ0) is 15.1. The van der Waals surface area contributed by atoms with Gasteiger partial charge in [-0.15, -0.1) is 0 Å². The summed E-state index contributed by atoms with van der Waals surface area (Å²) in [6.45, 7) is 0. The number of carbonyl (C=O) groups is 1. The Labute approximate surface area is 104 Å². The summed E-state index contributed by atoms with van der Waals surface area (Å²) < 4.78 is 77.6. The third-order valence-corrected chi connectivity index (χ3v) is 2.92. The highest BCUT2D eigenvalue weighted by molar-refractivity contribution is 5.84. The Morgan fingerprint density at radius 2 is 1.68 bits per heavy atom. The van der Waals surface area contributed by atoms with Gasteiger partial charge in [0.05, 0.1) is 11.6 Å². The summed E-state index contributed by atoms with van der Waals surface area (Å²) in [5, 5.41) is 0. The van der Waals surface area contributed by atoms with Crippen LogP contribution in [0.5, 0.6) is 0 Å². The minimum Gasteiger partial charge on any atom is -0.368 e. The lowest BCUT2D eigenvalue weighted by Crippen LogP contribution is -2.51. The van der Waals surface area contributed by atoms with Crippen LogP contribution in [0.4, 0.5) is 26.3 Å². The zero-order valence-corrected chi connectivity index (χ0v) is 9.52.